The van der Waals surface area contributed by atoms with Crippen LogP contribution in [0.3, 0.4) is 0 Å². The first-order chi connectivity index (χ1) is 15.4. The summed E-state index contributed by atoms with van der Waals surface area (Å²) in [7, 11) is 0. The Kier molecular flexibility index (Phi) is 5.78. The predicted molar refractivity (Wildman–Crippen MR) is 125 cm³/mol. The fourth-order valence-electron chi connectivity index (χ4n) is 6.58. The van der Waals surface area contributed by atoms with Gasteiger partial charge in [-0.2, -0.15) is 0 Å². The number of benzene rings is 1. The summed E-state index contributed by atoms with van der Waals surface area (Å²) in [4.78, 5) is 25.5. The lowest BCUT2D eigenvalue weighted by molar-refractivity contribution is -0.127. The molecule has 1 heterocycles. The molecule has 2 N–H and O–H groups in total. The molecule has 0 saturated heterocycles. The van der Waals surface area contributed by atoms with Gasteiger partial charge in [-0.3, -0.25) is 14.9 Å². The van der Waals surface area contributed by atoms with E-state index in [2.05, 4.69) is 20.8 Å². The van der Waals surface area contributed by atoms with Crippen molar-refractivity contribution in [3.63, 3.8) is 0 Å². The minimum Gasteiger partial charge on any atom is -0.344 e. The van der Waals surface area contributed by atoms with Crippen molar-refractivity contribution in [2.75, 3.05) is 5.32 Å². The van der Waals surface area contributed by atoms with Crippen molar-refractivity contribution in [2.24, 2.45) is 23.7 Å². The van der Waals surface area contributed by atoms with Crippen LogP contribution >= 0.6 is 11.3 Å². The third kappa shape index (κ3) is 4.32. The van der Waals surface area contributed by atoms with Crippen molar-refractivity contribution in [3.8, 4) is 0 Å². The zero-order valence-electron chi connectivity index (χ0n) is 18.8. The van der Waals surface area contributed by atoms with E-state index in [4.69, 9.17) is 0 Å². The molecule has 4 fully saturated rings. The van der Waals surface area contributed by atoms with E-state index in [0.717, 1.165) is 28.3 Å². The van der Waals surface area contributed by atoms with Crippen LogP contribution in [-0.4, -0.2) is 28.1 Å². The average Bonchev–Trinajstić information content (AvgIpc) is 3.21. The van der Waals surface area contributed by atoms with Crippen LogP contribution in [-0.2, 0) is 21.4 Å². The Labute approximate surface area is 193 Å². The van der Waals surface area contributed by atoms with Crippen LogP contribution < -0.4 is 10.6 Å². The minimum atomic E-state index is -0.613. The van der Waals surface area contributed by atoms with Crippen LogP contribution in [0.4, 0.5) is 5.13 Å². The van der Waals surface area contributed by atoms with Gasteiger partial charge in [0.25, 0.3) is 0 Å². The van der Waals surface area contributed by atoms with E-state index in [1.807, 2.05) is 44.2 Å². The third-order valence-corrected chi connectivity index (χ3v) is 8.71. The fraction of sp³-hybridized carbons (Fsp3) is 0.600. The zero-order valence-corrected chi connectivity index (χ0v) is 19.7. The monoisotopic (exact) mass is 452 g/mol. The molecule has 2 amide bonds. The van der Waals surface area contributed by atoms with Crippen molar-refractivity contribution in [3.05, 3.63) is 40.9 Å². The molecule has 0 aliphatic heterocycles. The lowest BCUT2D eigenvalue weighted by atomic mass is 9.50. The van der Waals surface area contributed by atoms with E-state index in [-0.39, 0.29) is 29.6 Å². The molecule has 7 heteroatoms. The van der Waals surface area contributed by atoms with E-state index in [1.54, 1.807) is 0 Å². The third-order valence-electron chi connectivity index (χ3n) is 7.62. The summed E-state index contributed by atoms with van der Waals surface area (Å²) in [5, 5.41) is 16.4. The highest BCUT2D eigenvalue weighted by Crippen LogP contribution is 2.61. The van der Waals surface area contributed by atoms with Crippen molar-refractivity contribution < 1.29 is 9.59 Å². The molecule has 6 rings (SSSR count). The van der Waals surface area contributed by atoms with Crippen molar-refractivity contribution in [1.29, 1.82) is 0 Å². The number of hydrogen-bond donors (Lipinski definition) is 2. The summed E-state index contributed by atoms with van der Waals surface area (Å²) in [6.45, 7) is 3.88. The van der Waals surface area contributed by atoms with Crippen LogP contribution in [0.25, 0.3) is 0 Å². The van der Waals surface area contributed by atoms with Gasteiger partial charge in [-0.05, 0) is 67.8 Å². The van der Waals surface area contributed by atoms with Gasteiger partial charge in [0.15, 0.2) is 0 Å². The van der Waals surface area contributed by atoms with Crippen LogP contribution in [0.2, 0.25) is 0 Å². The zero-order chi connectivity index (χ0) is 22.3. The van der Waals surface area contributed by atoms with E-state index < -0.39 is 6.04 Å². The highest BCUT2D eigenvalue weighted by atomic mass is 32.1. The number of carbonyl (C=O) groups excluding carboxylic acids is 2. The predicted octanol–water partition coefficient (Wildman–Crippen LogP) is 4.33. The molecule has 4 aliphatic carbocycles. The van der Waals surface area contributed by atoms with E-state index in [0.29, 0.717) is 5.13 Å². The molecule has 170 valence electrons. The van der Waals surface area contributed by atoms with Gasteiger partial charge in [0.05, 0.1) is 6.42 Å². The van der Waals surface area contributed by atoms with Gasteiger partial charge in [-0.15, -0.1) is 10.2 Å². The Morgan fingerprint density at radius 1 is 1.03 bits per heavy atom. The molecule has 6 nitrogen and oxygen atoms in total. The van der Waals surface area contributed by atoms with Gasteiger partial charge in [0.2, 0.25) is 16.9 Å². The summed E-state index contributed by atoms with van der Waals surface area (Å²) >= 11 is 1.53. The molecule has 4 saturated carbocycles. The van der Waals surface area contributed by atoms with E-state index in [1.165, 1.54) is 49.9 Å². The molecule has 1 aromatic carbocycles. The SMILES string of the molecule is CC(C)C(NC(=O)Cc1ccccc1)C(=O)Nc1nnc(C23CC4CC(CC(C4)C2)C3)s1. The molecule has 0 radical (unpaired) electrons. The fourth-order valence-corrected chi connectivity index (χ4v) is 7.55. The highest BCUT2D eigenvalue weighted by Gasteiger charge is 2.53. The number of aromatic nitrogens is 2. The summed E-state index contributed by atoms with van der Waals surface area (Å²) in [6.07, 6.45) is 8.11. The number of carbonyl (C=O) groups is 2. The molecule has 2 aromatic rings. The number of nitrogens with zero attached hydrogens (tertiary/aromatic N) is 2. The van der Waals surface area contributed by atoms with Gasteiger partial charge in [0.1, 0.15) is 11.0 Å². The Balaban J connectivity index is 1.24. The standard InChI is InChI=1S/C25H32N4O2S/c1-15(2)21(26-20(30)11-16-6-4-3-5-7-16)22(31)27-24-29-28-23(32-24)25-12-17-8-18(13-25)10-19(9-17)14-25/h3-7,15,17-19,21H,8-14H2,1-2H3,(H,26,30)(H,27,29,31). The second-order valence-corrected chi connectivity index (χ2v) is 11.5. The molecule has 4 bridgehead atoms. The van der Waals surface area contributed by atoms with Crippen molar-refractivity contribution in [2.45, 2.75) is 70.3 Å². The first-order valence-electron chi connectivity index (χ1n) is 11.9. The molecule has 4 aliphatic rings. The Bertz CT molecular complexity index is 952. The lowest BCUT2D eigenvalue weighted by Gasteiger charge is -2.55. The van der Waals surface area contributed by atoms with Crippen molar-refractivity contribution >= 4 is 28.3 Å². The van der Waals surface area contributed by atoms with Crippen molar-refractivity contribution in [1.82, 2.24) is 15.5 Å². The van der Waals surface area contributed by atoms with E-state index in [9.17, 15) is 9.59 Å². The maximum absolute atomic E-state index is 13.0. The van der Waals surface area contributed by atoms with Gasteiger partial charge in [-0.25, -0.2) is 0 Å². The first-order valence-corrected chi connectivity index (χ1v) is 12.7. The minimum absolute atomic E-state index is 0.0368. The number of amides is 2. The topological polar surface area (TPSA) is 84.0 Å². The van der Waals surface area contributed by atoms with Crippen LogP contribution in [0.5, 0.6) is 0 Å². The van der Waals surface area contributed by atoms with Gasteiger partial charge < -0.3 is 5.32 Å². The van der Waals surface area contributed by atoms with Crippen LogP contribution in [0.1, 0.15) is 62.9 Å². The number of nitrogens with one attached hydrogen (secondary N) is 2. The summed E-state index contributed by atoms with van der Waals surface area (Å²) < 4.78 is 0. The normalized spacial score (nSPS) is 29.2. The summed E-state index contributed by atoms with van der Waals surface area (Å²) in [5.41, 5.74) is 1.11. The lowest BCUT2D eigenvalue weighted by Crippen LogP contribution is -2.48. The highest BCUT2D eigenvalue weighted by molar-refractivity contribution is 7.15. The van der Waals surface area contributed by atoms with Gasteiger partial charge in [0, 0.05) is 5.41 Å². The number of hydrogen-bond acceptors (Lipinski definition) is 5. The number of anilines is 1. The van der Waals surface area contributed by atoms with Gasteiger partial charge in [-0.1, -0.05) is 55.5 Å². The largest absolute Gasteiger partial charge is 0.344 e. The number of rotatable bonds is 7. The first kappa shape index (κ1) is 21.6. The average molecular weight is 453 g/mol. The quantitative estimate of drug-likeness (QED) is 0.655. The second kappa shape index (κ2) is 8.58. The second-order valence-electron chi connectivity index (χ2n) is 10.6. The smallest absolute Gasteiger partial charge is 0.249 e. The Hall–Kier alpha value is -2.28. The van der Waals surface area contributed by atoms with Crippen LogP contribution in [0.15, 0.2) is 30.3 Å². The maximum Gasteiger partial charge on any atom is 0.249 e. The molecular formula is C25H32N4O2S. The Morgan fingerprint density at radius 2 is 1.66 bits per heavy atom. The molecule has 1 atom stereocenters. The van der Waals surface area contributed by atoms with Crippen LogP contribution in [0, 0.1) is 23.7 Å². The van der Waals surface area contributed by atoms with E-state index >= 15 is 0 Å². The Morgan fingerprint density at radius 3 is 2.25 bits per heavy atom. The van der Waals surface area contributed by atoms with Gasteiger partial charge >= 0.3 is 0 Å². The summed E-state index contributed by atoms with van der Waals surface area (Å²) in [5.74, 6) is 2.10. The molecule has 1 aromatic heterocycles. The molecule has 0 spiro atoms. The molecular weight excluding hydrogens is 420 g/mol. The molecule has 1 unspecified atom stereocenters. The molecule has 32 heavy (non-hydrogen) atoms. The summed E-state index contributed by atoms with van der Waals surface area (Å²) in [6, 6.07) is 8.95. The maximum atomic E-state index is 13.0.